The predicted molar refractivity (Wildman–Crippen MR) is 76.6 cm³/mol. The monoisotopic (exact) mass is 267 g/mol. The van der Waals surface area contributed by atoms with Gasteiger partial charge in [-0.15, -0.1) is 0 Å². The van der Waals surface area contributed by atoms with Crippen LogP contribution in [-0.4, -0.2) is 29.2 Å². The summed E-state index contributed by atoms with van der Waals surface area (Å²) in [6.45, 7) is 6.33. The maximum Gasteiger partial charge on any atom is 0.315 e. The minimum absolute atomic E-state index is 0.0171. The summed E-state index contributed by atoms with van der Waals surface area (Å²) in [6.07, 6.45) is 0. The van der Waals surface area contributed by atoms with Crippen LogP contribution in [0.1, 0.15) is 20.8 Å². The molecular formula is C13H21N3O3. The summed E-state index contributed by atoms with van der Waals surface area (Å²) < 4.78 is 0. The highest BCUT2D eigenvalue weighted by Crippen LogP contribution is 2.33. The second kappa shape index (κ2) is 6.94. The number of aliphatic hydroxyl groups is 1. The van der Waals surface area contributed by atoms with Crippen LogP contribution in [-0.2, 0) is 0 Å². The molecule has 0 saturated heterocycles. The zero-order chi connectivity index (χ0) is 14.4. The van der Waals surface area contributed by atoms with Gasteiger partial charge in [-0.25, -0.2) is 0 Å². The van der Waals surface area contributed by atoms with Gasteiger partial charge in [-0.05, 0) is 25.0 Å². The molecule has 6 nitrogen and oxygen atoms in total. The summed E-state index contributed by atoms with van der Waals surface area (Å²) in [5, 5.41) is 26.6. The van der Waals surface area contributed by atoms with Crippen LogP contribution >= 0.6 is 0 Å². The number of hydrogen-bond acceptors (Lipinski definition) is 5. The van der Waals surface area contributed by atoms with Gasteiger partial charge in [0.15, 0.2) is 0 Å². The first-order valence-corrected chi connectivity index (χ1v) is 6.39. The van der Waals surface area contributed by atoms with Crippen molar-refractivity contribution in [3.8, 4) is 0 Å². The second-order valence-electron chi connectivity index (χ2n) is 4.67. The topological polar surface area (TPSA) is 87.4 Å². The lowest BCUT2D eigenvalue weighted by molar-refractivity contribution is -0.383. The Morgan fingerprint density at radius 3 is 2.47 bits per heavy atom. The molecule has 1 unspecified atom stereocenters. The van der Waals surface area contributed by atoms with Crippen molar-refractivity contribution in [3.05, 3.63) is 28.3 Å². The van der Waals surface area contributed by atoms with Crippen molar-refractivity contribution in [2.24, 2.45) is 5.92 Å². The minimum Gasteiger partial charge on any atom is -0.394 e. The molecule has 19 heavy (non-hydrogen) atoms. The Hall–Kier alpha value is -1.82. The van der Waals surface area contributed by atoms with Crippen LogP contribution < -0.4 is 10.6 Å². The molecule has 0 aromatic heterocycles. The molecule has 0 aliphatic rings. The largest absolute Gasteiger partial charge is 0.394 e. The zero-order valence-corrected chi connectivity index (χ0v) is 11.5. The Labute approximate surface area is 113 Å². The summed E-state index contributed by atoms with van der Waals surface area (Å²) in [5.74, 6) is 0.174. The van der Waals surface area contributed by atoms with Gasteiger partial charge in [0, 0.05) is 6.54 Å². The molecule has 1 rings (SSSR count). The lowest BCUT2D eigenvalue weighted by Crippen LogP contribution is -2.29. The maximum absolute atomic E-state index is 11.2. The Balaban J connectivity index is 3.12. The molecule has 0 radical (unpaired) electrons. The molecule has 0 spiro atoms. The third kappa shape index (κ3) is 3.82. The number of anilines is 2. The number of rotatable bonds is 7. The lowest BCUT2D eigenvalue weighted by Gasteiger charge is -2.21. The molecule has 0 aliphatic carbocycles. The third-order valence-electron chi connectivity index (χ3n) is 2.93. The van der Waals surface area contributed by atoms with Crippen LogP contribution in [0.4, 0.5) is 17.1 Å². The number of nitrogens with zero attached hydrogens (tertiary/aromatic N) is 1. The van der Waals surface area contributed by atoms with E-state index in [9.17, 15) is 15.2 Å². The first kappa shape index (κ1) is 15.2. The van der Waals surface area contributed by atoms with Gasteiger partial charge in [0.1, 0.15) is 11.4 Å². The van der Waals surface area contributed by atoms with Crippen molar-refractivity contribution in [1.29, 1.82) is 0 Å². The van der Waals surface area contributed by atoms with E-state index in [1.165, 1.54) is 0 Å². The van der Waals surface area contributed by atoms with E-state index in [-0.39, 0.29) is 24.3 Å². The first-order chi connectivity index (χ1) is 9.01. The van der Waals surface area contributed by atoms with Crippen LogP contribution in [0.2, 0.25) is 0 Å². The third-order valence-corrected chi connectivity index (χ3v) is 2.93. The van der Waals surface area contributed by atoms with E-state index in [1.807, 2.05) is 20.8 Å². The normalized spacial score (nSPS) is 12.3. The zero-order valence-electron chi connectivity index (χ0n) is 11.5. The Kier molecular flexibility index (Phi) is 5.57. The van der Waals surface area contributed by atoms with Gasteiger partial charge in [0.2, 0.25) is 0 Å². The standard InChI is InChI=1S/C13H21N3O3/c1-4-14-10-6-5-7-11(13(10)16(18)19)15-12(8-17)9(2)3/h5-7,9,12,14-15,17H,4,8H2,1-3H3. The van der Waals surface area contributed by atoms with Gasteiger partial charge >= 0.3 is 5.69 Å². The molecule has 0 saturated carbocycles. The van der Waals surface area contributed by atoms with Crippen molar-refractivity contribution in [1.82, 2.24) is 0 Å². The Morgan fingerprint density at radius 1 is 1.37 bits per heavy atom. The number of para-hydroxylation sites is 1. The summed E-state index contributed by atoms with van der Waals surface area (Å²) in [4.78, 5) is 10.8. The van der Waals surface area contributed by atoms with Gasteiger partial charge in [-0.2, -0.15) is 0 Å². The van der Waals surface area contributed by atoms with Crippen molar-refractivity contribution < 1.29 is 10.0 Å². The van der Waals surface area contributed by atoms with Gasteiger partial charge < -0.3 is 15.7 Å². The van der Waals surface area contributed by atoms with E-state index in [0.717, 1.165) is 0 Å². The Bertz CT molecular complexity index is 435. The Morgan fingerprint density at radius 2 is 2.00 bits per heavy atom. The molecule has 1 atom stereocenters. The van der Waals surface area contributed by atoms with E-state index in [4.69, 9.17) is 0 Å². The molecule has 1 aromatic rings. The van der Waals surface area contributed by atoms with E-state index >= 15 is 0 Å². The average molecular weight is 267 g/mol. The van der Waals surface area contributed by atoms with E-state index < -0.39 is 4.92 Å². The fourth-order valence-corrected chi connectivity index (χ4v) is 1.81. The fourth-order valence-electron chi connectivity index (χ4n) is 1.81. The first-order valence-electron chi connectivity index (χ1n) is 6.39. The minimum atomic E-state index is -0.408. The average Bonchev–Trinajstić information content (AvgIpc) is 2.35. The molecule has 1 aromatic carbocycles. The number of nitro groups is 1. The molecular weight excluding hydrogens is 246 g/mol. The van der Waals surface area contributed by atoms with Crippen LogP contribution in [0.3, 0.4) is 0 Å². The lowest BCUT2D eigenvalue weighted by atomic mass is 10.0. The highest BCUT2D eigenvalue weighted by Gasteiger charge is 2.22. The van der Waals surface area contributed by atoms with Crippen LogP contribution in [0.25, 0.3) is 0 Å². The van der Waals surface area contributed by atoms with Gasteiger partial charge in [0.25, 0.3) is 0 Å². The van der Waals surface area contributed by atoms with Crippen molar-refractivity contribution >= 4 is 17.1 Å². The number of nitro benzene ring substituents is 1. The maximum atomic E-state index is 11.2. The SMILES string of the molecule is CCNc1cccc(NC(CO)C(C)C)c1[N+](=O)[O-]. The molecule has 0 amide bonds. The quantitative estimate of drug-likeness (QED) is 0.521. The summed E-state index contributed by atoms with van der Waals surface area (Å²) in [6, 6.07) is 4.87. The van der Waals surface area contributed by atoms with Crippen molar-refractivity contribution in [3.63, 3.8) is 0 Å². The smallest absolute Gasteiger partial charge is 0.315 e. The summed E-state index contributed by atoms with van der Waals surface area (Å²) in [5.41, 5.74) is 0.928. The molecule has 3 N–H and O–H groups in total. The number of aliphatic hydroxyl groups excluding tert-OH is 1. The second-order valence-corrected chi connectivity index (χ2v) is 4.67. The van der Waals surface area contributed by atoms with Crippen LogP contribution in [0.5, 0.6) is 0 Å². The molecule has 0 fully saturated rings. The van der Waals surface area contributed by atoms with Crippen molar-refractivity contribution in [2.45, 2.75) is 26.8 Å². The summed E-state index contributed by atoms with van der Waals surface area (Å²) in [7, 11) is 0. The van der Waals surface area contributed by atoms with Gasteiger partial charge in [-0.1, -0.05) is 19.9 Å². The number of benzene rings is 1. The number of hydrogen-bond donors (Lipinski definition) is 3. The van der Waals surface area contributed by atoms with E-state index in [2.05, 4.69) is 10.6 Å². The molecule has 0 aliphatic heterocycles. The van der Waals surface area contributed by atoms with Crippen LogP contribution in [0, 0.1) is 16.0 Å². The summed E-state index contributed by atoms with van der Waals surface area (Å²) >= 11 is 0. The van der Waals surface area contributed by atoms with Gasteiger partial charge in [-0.3, -0.25) is 10.1 Å². The highest BCUT2D eigenvalue weighted by molar-refractivity contribution is 5.76. The predicted octanol–water partition coefficient (Wildman–Crippen LogP) is 2.46. The molecule has 106 valence electrons. The van der Waals surface area contributed by atoms with E-state index in [0.29, 0.717) is 17.9 Å². The highest BCUT2D eigenvalue weighted by atomic mass is 16.6. The number of nitrogens with one attached hydrogen (secondary N) is 2. The van der Waals surface area contributed by atoms with Crippen molar-refractivity contribution in [2.75, 3.05) is 23.8 Å². The van der Waals surface area contributed by atoms with E-state index in [1.54, 1.807) is 18.2 Å². The van der Waals surface area contributed by atoms with Crippen LogP contribution in [0.15, 0.2) is 18.2 Å². The fraction of sp³-hybridized carbons (Fsp3) is 0.538. The molecule has 6 heteroatoms. The van der Waals surface area contributed by atoms with Gasteiger partial charge in [0.05, 0.1) is 17.6 Å². The molecule has 0 heterocycles. The molecule has 0 bridgehead atoms.